The second kappa shape index (κ2) is 6.14. The van der Waals surface area contributed by atoms with Crippen LogP contribution in [-0.4, -0.2) is 0 Å². The third-order valence-electron chi connectivity index (χ3n) is 4.02. The van der Waals surface area contributed by atoms with E-state index in [9.17, 15) is 8.96 Å². The van der Waals surface area contributed by atoms with Crippen molar-refractivity contribution in [2.45, 2.75) is 13.8 Å². The van der Waals surface area contributed by atoms with E-state index in [-0.39, 0.29) is 5.82 Å². The van der Waals surface area contributed by atoms with Crippen molar-refractivity contribution in [3.63, 3.8) is 0 Å². The molecule has 3 rings (SSSR count). The Morgan fingerprint density at radius 3 is 1.48 bits per heavy atom. The first-order valence-electron chi connectivity index (χ1n) is 7.52. The Bertz CT molecular complexity index is 806. The van der Waals surface area contributed by atoms with Crippen LogP contribution in [0.25, 0.3) is 0 Å². The quantitative estimate of drug-likeness (QED) is 0.664. The van der Waals surface area contributed by atoms with E-state index in [1.54, 1.807) is 26.0 Å². The molecule has 0 aliphatic heterocycles. The molecule has 0 saturated heterocycles. The molecular formula is C20H18FOP. The fourth-order valence-electron chi connectivity index (χ4n) is 2.83. The predicted molar refractivity (Wildman–Crippen MR) is 95.3 cm³/mol. The van der Waals surface area contributed by atoms with Crippen molar-refractivity contribution < 1.29 is 8.96 Å². The van der Waals surface area contributed by atoms with Crippen molar-refractivity contribution in [3.05, 3.63) is 89.7 Å². The van der Waals surface area contributed by atoms with Crippen molar-refractivity contribution >= 4 is 23.1 Å². The fourth-order valence-corrected chi connectivity index (χ4v) is 5.66. The molecule has 0 saturated carbocycles. The highest BCUT2D eigenvalue weighted by Crippen LogP contribution is 2.42. The van der Waals surface area contributed by atoms with Gasteiger partial charge in [-0.25, -0.2) is 4.39 Å². The lowest BCUT2D eigenvalue weighted by atomic mass is 10.1. The summed E-state index contributed by atoms with van der Waals surface area (Å²) in [5, 5.41) is 2.19. The van der Waals surface area contributed by atoms with Crippen molar-refractivity contribution in [2.75, 3.05) is 0 Å². The van der Waals surface area contributed by atoms with Crippen LogP contribution >= 0.6 is 7.14 Å². The van der Waals surface area contributed by atoms with E-state index in [2.05, 4.69) is 0 Å². The molecule has 0 radical (unpaired) electrons. The van der Waals surface area contributed by atoms with E-state index in [0.717, 1.165) is 10.6 Å². The van der Waals surface area contributed by atoms with Crippen LogP contribution in [0.1, 0.15) is 11.1 Å². The minimum atomic E-state index is -3.02. The Morgan fingerprint density at radius 2 is 1.09 bits per heavy atom. The first kappa shape index (κ1) is 15.7. The van der Waals surface area contributed by atoms with Crippen LogP contribution in [0.5, 0.6) is 0 Å². The normalized spacial score (nSPS) is 11.4. The third kappa shape index (κ3) is 2.75. The Morgan fingerprint density at radius 1 is 0.696 bits per heavy atom. The molecule has 0 bridgehead atoms. The molecule has 1 nitrogen and oxygen atoms in total. The summed E-state index contributed by atoms with van der Waals surface area (Å²) in [6.45, 7) is 3.43. The van der Waals surface area contributed by atoms with Gasteiger partial charge in [0.1, 0.15) is 5.82 Å². The van der Waals surface area contributed by atoms with Gasteiger partial charge in [0, 0.05) is 15.9 Å². The van der Waals surface area contributed by atoms with Crippen LogP contribution in [-0.2, 0) is 4.57 Å². The minimum absolute atomic E-state index is 0.235. The van der Waals surface area contributed by atoms with Gasteiger partial charge in [-0.3, -0.25) is 0 Å². The number of hydrogen-bond donors (Lipinski definition) is 0. The number of hydrogen-bond acceptors (Lipinski definition) is 1. The van der Waals surface area contributed by atoms with Gasteiger partial charge in [0.25, 0.3) is 0 Å². The highest BCUT2D eigenvalue weighted by atomic mass is 31.2. The molecule has 0 amide bonds. The van der Waals surface area contributed by atoms with Gasteiger partial charge in [-0.1, -0.05) is 60.7 Å². The summed E-state index contributed by atoms with van der Waals surface area (Å²) >= 11 is 0. The van der Waals surface area contributed by atoms with Gasteiger partial charge in [0.05, 0.1) is 0 Å². The zero-order chi connectivity index (χ0) is 16.4. The van der Waals surface area contributed by atoms with Crippen LogP contribution in [0.4, 0.5) is 4.39 Å². The summed E-state index contributed by atoms with van der Waals surface area (Å²) < 4.78 is 28.1. The van der Waals surface area contributed by atoms with Crippen LogP contribution in [0.3, 0.4) is 0 Å². The molecule has 0 spiro atoms. The second-order valence-corrected chi connectivity index (χ2v) is 8.44. The van der Waals surface area contributed by atoms with E-state index in [1.165, 1.54) is 0 Å². The smallest absolute Gasteiger partial charge is 0.171 e. The Kier molecular flexibility index (Phi) is 4.19. The van der Waals surface area contributed by atoms with E-state index < -0.39 is 7.14 Å². The molecule has 116 valence electrons. The molecule has 0 aromatic heterocycles. The largest absolute Gasteiger partial charge is 0.309 e. The fraction of sp³-hybridized carbons (Fsp3) is 0.100. The van der Waals surface area contributed by atoms with Crippen LogP contribution in [0.2, 0.25) is 0 Å². The molecule has 3 aromatic rings. The monoisotopic (exact) mass is 324 g/mol. The Balaban J connectivity index is 2.32. The predicted octanol–water partition coefficient (Wildman–Crippen LogP) is 4.08. The summed E-state index contributed by atoms with van der Waals surface area (Å²) in [6.07, 6.45) is 0. The number of aryl methyl sites for hydroxylation is 2. The summed E-state index contributed by atoms with van der Waals surface area (Å²) in [7, 11) is -3.02. The summed E-state index contributed by atoms with van der Waals surface area (Å²) in [4.78, 5) is 0. The topological polar surface area (TPSA) is 17.1 Å². The maximum absolute atomic E-state index is 14.1. The lowest BCUT2D eigenvalue weighted by molar-refractivity contribution is 0.592. The van der Waals surface area contributed by atoms with Gasteiger partial charge >= 0.3 is 0 Å². The van der Waals surface area contributed by atoms with Gasteiger partial charge in [0.15, 0.2) is 7.14 Å². The minimum Gasteiger partial charge on any atom is -0.309 e. The number of halogens is 1. The molecule has 3 aromatic carbocycles. The molecule has 3 heteroatoms. The molecule has 0 aliphatic rings. The average Bonchev–Trinajstić information content (AvgIpc) is 2.60. The molecule has 0 atom stereocenters. The zero-order valence-corrected chi connectivity index (χ0v) is 14.1. The summed E-state index contributed by atoms with van der Waals surface area (Å²) in [5.74, 6) is -0.235. The van der Waals surface area contributed by atoms with Gasteiger partial charge < -0.3 is 4.57 Å². The molecule has 0 fully saturated rings. The van der Waals surface area contributed by atoms with Crippen LogP contribution < -0.4 is 15.9 Å². The molecule has 0 heterocycles. The van der Waals surface area contributed by atoms with E-state index in [4.69, 9.17) is 0 Å². The summed E-state index contributed by atoms with van der Waals surface area (Å²) in [6, 6.07) is 22.3. The van der Waals surface area contributed by atoms with Gasteiger partial charge in [-0.05, 0) is 37.1 Å². The van der Waals surface area contributed by atoms with Crippen molar-refractivity contribution in [1.82, 2.24) is 0 Å². The number of rotatable bonds is 3. The van der Waals surface area contributed by atoms with Gasteiger partial charge in [0.2, 0.25) is 0 Å². The van der Waals surface area contributed by atoms with Crippen LogP contribution in [0.15, 0.2) is 72.8 Å². The van der Waals surface area contributed by atoms with E-state index >= 15 is 0 Å². The highest BCUT2D eigenvalue weighted by molar-refractivity contribution is 7.85. The molecule has 0 aliphatic carbocycles. The van der Waals surface area contributed by atoms with Gasteiger partial charge in [-0.2, -0.15) is 0 Å². The maximum Gasteiger partial charge on any atom is 0.171 e. The molecule has 23 heavy (non-hydrogen) atoms. The van der Waals surface area contributed by atoms with Crippen molar-refractivity contribution in [1.29, 1.82) is 0 Å². The highest BCUT2D eigenvalue weighted by Gasteiger charge is 2.30. The molecular weight excluding hydrogens is 306 g/mol. The van der Waals surface area contributed by atoms with E-state index in [1.807, 2.05) is 60.7 Å². The van der Waals surface area contributed by atoms with Crippen molar-refractivity contribution in [2.24, 2.45) is 0 Å². The first-order chi connectivity index (χ1) is 11.0. The third-order valence-corrected chi connectivity index (χ3v) is 7.06. The standard InChI is InChI=1S/C20H18FOP/c1-15-13-19(14-16(2)20(15)21)23(22,17-9-5-3-6-10-17)18-11-7-4-8-12-18/h3-14H,1-2H3. The Hall–Kier alpha value is -2.18. The molecule has 0 N–H and O–H groups in total. The summed E-state index contributed by atoms with van der Waals surface area (Å²) in [5.41, 5.74) is 1.04. The molecule has 0 unspecified atom stereocenters. The second-order valence-electron chi connectivity index (χ2n) is 5.67. The maximum atomic E-state index is 14.1. The van der Waals surface area contributed by atoms with Gasteiger partial charge in [-0.15, -0.1) is 0 Å². The van der Waals surface area contributed by atoms with Crippen LogP contribution in [0, 0.1) is 19.7 Å². The number of benzene rings is 3. The van der Waals surface area contributed by atoms with Crippen molar-refractivity contribution in [3.8, 4) is 0 Å². The first-order valence-corrected chi connectivity index (χ1v) is 9.23. The lowest BCUT2D eigenvalue weighted by Crippen LogP contribution is -2.25. The lowest BCUT2D eigenvalue weighted by Gasteiger charge is -2.21. The Labute approximate surface area is 136 Å². The van der Waals surface area contributed by atoms with E-state index in [0.29, 0.717) is 16.4 Å². The zero-order valence-electron chi connectivity index (χ0n) is 13.2. The average molecular weight is 324 g/mol. The SMILES string of the molecule is Cc1cc(P(=O)(c2ccccc2)c2ccccc2)cc(C)c1F.